The van der Waals surface area contributed by atoms with Crippen LogP contribution >= 0.6 is 0 Å². The maximum Gasteiger partial charge on any atom is 0.233 e. The quantitative estimate of drug-likeness (QED) is 0.715. The summed E-state index contributed by atoms with van der Waals surface area (Å²) in [7, 11) is 0. The van der Waals surface area contributed by atoms with E-state index in [2.05, 4.69) is 9.97 Å². The number of rotatable bonds is 3. The zero-order chi connectivity index (χ0) is 11.4. The molecular formula is C12H7N2O2. The van der Waals surface area contributed by atoms with Gasteiger partial charge in [-0.1, -0.05) is 6.07 Å². The molecule has 2 aromatic rings. The molecule has 2 aromatic heterocycles. The summed E-state index contributed by atoms with van der Waals surface area (Å²) in [5.41, 5.74) is 0.798. The fourth-order valence-electron chi connectivity index (χ4n) is 1.25. The maximum atomic E-state index is 11.9. The summed E-state index contributed by atoms with van der Waals surface area (Å²) in [6, 6.07) is 7.92. The zero-order valence-electron chi connectivity index (χ0n) is 8.25. The normalized spacial score (nSPS) is 9.75. The van der Waals surface area contributed by atoms with Crippen LogP contribution in [0.5, 0.6) is 0 Å². The lowest BCUT2D eigenvalue weighted by Gasteiger charge is -1.99. The van der Waals surface area contributed by atoms with Gasteiger partial charge in [0.15, 0.2) is 0 Å². The molecule has 0 aliphatic rings. The summed E-state index contributed by atoms with van der Waals surface area (Å²) in [6.07, 6.45) is 4.64. The van der Waals surface area contributed by atoms with Crippen molar-refractivity contribution in [3.05, 3.63) is 59.7 Å². The summed E-state index contributed by atoms with van der Waals surface area (Å²) in [5.74, 6) is -0.308. The minimum absolute atomic E-state index is 0.194. The Labute approximate surface area is 92.0 Å². The minimum Gasteiger partial charge on any atom is -0.285 e. The molecule has 16 heavy (non-hydrogen) atoms. The van der Waals surface area contributed by atoms with Gasteiger partial charge in [0.25, 0.3) is 0 Å². The van der Waals surface area contributed by atoms with E-state index < -0.39 is 0 Å². The number of nitrogens with zero attached hydrogens (tertiary/aromatic N) is 2. The Balaban J connectivity index is 2.38. The average molecular weight is 211 g/mol. The number of carbonyl (C=O) groups excluding carboxylic acids is 2. The van der Waals surface area contributed by atoms with Gasteiger partial charge < -0.3 is 0 Å². The van der Waals surface area contributed by atoms with Crippen molar-refractivity contribution in [2.75, 3.05) is 0 Å². The van der Waals surface area contributed by atoms with E-state index in [1.807, 2.05) is 0 Å². The second-order valence-electron chi connectivity index (χ2n) is 3.08. The number of pyridine rings is 2. The summed E-state index contributed by atoms with van der Waals surface area (Å²) < 4.78 is 0. The smallest absolute Gasteiger partial charge is 0.233 e. The van der Waals surface area contributed by atoms with Crippen LogP contribution in [0.3, 0.4) is 0 Å². The minimum atomic E-state index is -0.308. The van der Waals surface area contributed by atoms with Gasteiger partial charge in [0.1, 0.15) is 11.4 Å². The standard InChI is InChI=1S/C12H7N2O2/c15-8-9-4-6-14-11(7-9)12(16)10-3-1-2-5-13-10/h1-7H. The van der Waals surface area contributed by atoms with Crippen molar-refractivity contribution in [3.8, 4) is 0 Å². The SMILES string of the molecule is O=[C]c1ccnc(C(=O)c2ccccn2)c1. The molecule has 0 aliphatic carbocycles. The fourth-order valence-corrected chi connectivity index (χ4v) is 1.25. The molecule has 0 aromatic carbocycles. The molecule has 0 fully saturated rings. The molecule has 0 aliphatic heterocycles. The molecular weight excluding hydrogens is 204 g/mol. The highest BCUT2D eigenvalue weighted by molar-refractivity contribution is 6.06. The predicted molar refractivity (Wildman–Crippen MR) is 56.7 cm³/mol. The van der Waals surface area contributed by atoms with Crippen LogP contribution in [0, 0.1) is 0 Å². The Morgan fingerprint density at radius 2 is 1.88 bits per heavy atom. The summed E-state index contributed by atoms with van der Waals surface area (Å²) in [4.78, 5) is 30.1. The molecule has 0 atom stereocenters. The Bertz CT molecular complexity index is 524. The molecule has 4 nitrogen and oxygen atoms in total. The van der Waals surface area contributed by atoms with Crippen molar-refractivity contribution in [1.29, 1.82) is 0 Å². The van der Waals surface area contributed by atoms with E-state index in [0.717, 1.165) is 0 Å². The van der Waals surface area contributed by atoms with Gasteiger partial charge in [-0.05, 0) is 24.3 Å². The van der Waals surface area contributed by atoms with Crippen molar-refractivity contribution in [2.45, 2.75) is 0 Å². The monoisotopic (exact) mass is 211 g/mol. The first-order valence-corrected chi connectivity index (χ1v) is 4.61. The molecule has 0 saturated heterocycles. The fraction of sp³-hybridized carbons (Fsp3) is 0. The van der Waals surface area contributed by atoms with E-state index >= 15 is 0 Å². The topological polar surface area (TPSA) is 59.9 Å². The third-order valence-electron chi connectivity index (χ3n) is 2.01. The van der Waals surface area contributed by atoms with E-state index in [9.17, 15) is 9.59 Å². The zero-order valence-corrected chi connectivity index (χ0v) is 8.25. The van der Waals surface area contributed by atoms with E-state index in [1.54, 1.807) is 24.5 Å². The number of hydrogen-bond donors (Lipinski definition) is 0. The Hall–Kier alpha value is -2.36. The molecule has 4 heteroatoms. The van der Waals surface area contributed by atoms with Crippen LogP contribution in [-0.4, -0.2) is 22.0 Å². The van der Waals surface area contributed by atoms with Crippen LogP contribution in [0.1, 0.15) is 21.7 Å². The third kappa shape index (κ3) is 2.00. The van der Waals surface area contributed by atoms with Gasteiger partial charge in [0, 0.05) is 18.0 Å². The molecule has 2 heterocycles. The van der Waals surface area contributed by atoms with Crippen molar-refractivity contribution >= 4 is 12.1 Å². The van der Waals surface area contributed by atoms with Gasteiger partial charge in [-0.15, -0.1) is 0 Å². The van der Waals surface area contributed by atoms with Gasteiger partial charge in [-0.25, -0.2) is 0 Å². The second-order valence-corrected chi connectivity index (χ2v) is 3.08. The molecule has 1 radical (unpaired) electrons. The van der Waals surface area contributed by atoms with E-state index in [4.69, 9.17) is 0 Å². The van der Waals surface area contributed by atoms with Crippen molar-refractivity contribution in [1.82, 2.24) is 9.97 Å². The molecule has 2 rings (SSSR count). The van der Waals surface area contributed by atoms with E-state index in [-0.39, 0.29) is 11.5 Å². The summed E-state index contributed by atoms with van der Waals surface area (Å²) in [5, 5.41) is 0. The van der Waals surface area contributed by atoms with Crippen molar-refractivity contribution in [2.24, 2.45) is 0 Å². The Morgan fingerprint density at radius 3 is 2.56 bits per heavy atom. The molecule has 0 N–H and O–H groups in total. The number of aromatic nitrogens is 2. The first-order valence-electron chi connectivity index (χ1n) is 4.61. The van der Waals surface area contributed by atoms with Crippen LogP contribution in [0.15, 0.2) is 42.7 Å². The second kappa shape index (κ2) is 4.44. The molecule has 0 bridgehead atoms. The largest absolute Gasteiger partial charge is 0.285 e. The van der Waals surface area contributed by atoms with Gasteiger partial charge in [0.05, 0.1) is 0 Å². The van der Waals surface area contributed by atoms with Gasteiger partial charge >= 0.3 is 0 Å². The lowest BCUT2D eigenvalue weighted by atomic mass is 10.1. The maximum absolute atomic E-state index is 11.9. The average Bonchev–Trinajstić information content (AvgIpc) is 2.39. The number of carbonyl (C=O) groups is 1. The highest BCUT2D eigenvalue weighted by Gasteiger charge is 2.11. The lowest BCUT2D eigenvalue weighted by Crippen LogP contribution is -2.06. The lowest BCUT2D eigenvalue weighted by molar-refractivity contribution is 0.103. The first-order chi connectivity index (χ1) is 7.81. The summed E-state index contributed by atoms with van der Waals surface area (Å²) >= 11 is 0. The van der Waals surface area contributed by atoms with Crippen LogP contribution in [-0.2, 0) is 4.79 Å². The van der Waals surface area contributed by atoms with Gasteiger partial charge in [-0.3, -0.25) is 19.6 Å². The number of ketones is 1. The van der Waals surface area contributed by atoms with Crippen LogP contribution in [0.2, 0.25) is 0 Å². The van der Waals surface area contributed by atoms with E-state index in [0.29, 0.717) is 11.3 Å². The highest BCUT2D eigenvalue weighted by Crippen LogP contribution is 2.05. The number of hydrogen-bond acceptors (Lipinski definition) is 4. The molecule has 0 unspecified atom stereocenters. The van der Waals surface area contributed by atoms with Crippen LogP contribution < -0.4 is 0 Å². The van der Waals surface area contributed by atoms with Crippen molar-refractivity contribution < 1.29 is 9.59 Å². The van der Waals surface area contributed by atoms with Gasteiger partial charge in [0.2, 0.25) is 12.1 Å². The molecule has 0 spiro atoms. The molecule has 0 amide bonds. The predicted octanol–water partition coefficient (Wildman–Crippen LogP) is 1.17. The Kier molecular flexibility index (Phi) is 2.82. The van der Waals surface area contributed by atoms with E-state index in [1.165, 1.54) is 24.5 Å². The van der Waals surface area contributed by atoms with Crippen molar-refractivity contribution in [3.63, 3.8) is 0 Å². The van der Waals surface area contributed by atoms with Crippen LogP contribution in [0.4, 0.5) is 0 Å². The molecule has 0 saturated carbocycles. The third-order valence-corrected chi connectivity index (χ3v) is 2.01. The van der Waals surface area contributed by atoms with Gasteiger partial charge in [-0.2, -0.15) is 0 Å². The molecule has 77 valence electrons. The first kappa shape index (κ1) is 10.2. The highest BCUT2D eigenvalue weighted by atomic mass is 16.1. The Morgan fingerprint density at radius 1 is 1.06 bits per heavy atom. The van der Waals surface area contributed by atoms with Crippen LogP contribution in [0.25, 0.3) is 0 Å². The summed E-state index contributed by atoms with van der Waals surface area (Å²) in [6.45, 7) is 0.